The Bertz CT molecular complexity index is 523. The minimum absolute atomic E-state index is 0.0590. The van der Waals surface area contributed by atoms with Crippen LogP contribution in [0.4, 0.5) is 0 Å². The van der Waals surface area contributed by atoms with Crippen LogP contribution in [0.25, 0.3) is 0 Å². The summed E-state index contributed by atoms with van der Waals surface area (Å²) < 4.78 is 5.80. The lowest BCUT2D eigenvalue weighted by atomic mass is 10.2. The third kappa shape index (κ3) is 2.88. The molecule has 0 aliphatic rings. The monoisotopic (exact) mass is 295 g/mol. The van der Waals surface area contributed by atoms with Gasteiger partial charge >= 0.3 is 0 Å². The molecular formula is C12H10BrNO3. The zero-order valence-electron chi connectivity index (χ0n) is 8.81. The molecule has 0 aliphatic carbocycles. The van der Waals surface area contributed by atoms with E-state index in [4.69, 9.17) is 4.42 Å². The number of phenols is 1. The van der Waals surface area contributed by atoms with Gasteiger partial charge in [0.05, 0.1) is 18.4 Å². The van der Waals surface area contributed by atoms with Gasteiger partial charge < -0.3 is 14.8 Å². The number of carbonyl (C=O) groups is 1. The molecule has 0 atom stereocenters. The van der Waals surface area contributed by atoms with E-state index < -0.39 is 0 Å². The molecule has 0 bridgehead atoms. The fraction of sp³-hybridized carbons (Fsp3) is 0.0833. The van der Waals surface area contributed by atoms with Gasteiger partial charge in [-0.15, -0.1) is 0 Å². The van der Waals surface area contributed by atoms with E-state index in [0.29, 0.717) is 12.3 Å². The molecule has 1 amide bonds. The molecule has 2 aromatic rings. The molecule has 2 rings (SSSR count). The van der Waals surface area contributed by atoms with E-state index >= 15 is 0 Å². The molecule has 0 spiro atoms. The lowest BCUT2D eigenvalue weighted by Gasteiger charge is -2.05. The van der Waals surface area contributed by atoms with Gasteiger partial charge in [0.15, 0.2) is 0 Å². The first-order chi connectivity index (χ1) is 8.16. The summed E-state index contributed by atoms with van der Waals surface area (Å²) in [5, 5.41) is 12.3. The van der Waals surface area contributed by atoms with Crippen molar-refractivity contribution in [2.24, 2.45) is 0 Å². The van der Waals surface area contributed by atoms with Crippen LogP contribution in [0.5, 0.6) is 5.75 Å². The quantitative estimate of drug-likeness (QED) is 0.915. The molecular weight excluding hydrogens is 286 g/mol. The number of aromatic hydroxyl groups is 1. The Morgan fingerprint density at radius 2 is 2.24 bits per heavy atom. The Kier molecular flexibility index (Phi) is 3.49. The Morgan fingerprint density at radius 3 is 2.88 bits per heavy atom. The van der Waals surface area contributed by atoms with Gasteiger partial charge in [0.1, 0.15) is 11.5 Å². The highest BCUT2D eigenvalue weighted by Crippen LogP contribution is 2.22. The first-order valence-corrected chi connectivity index (χ1v) is 5.75. The lowest BCUT2D eigenvalue weighted by Crippen LogP contribution is -2.22. The molecule has 0 unspecified atom stereocenters. The van der Waals surface area contributed by atoms with Crippen molar-refractivity contribution in [2.45, 2.75) is 6.54 Å². The number of halogens is 1. The maximum absolute atomic E-state index is 11.7. The zero-order chi connectivity index (χ0) is 12.3. The number of benzene rings is 1. The van der Waals surface area contributed by atoms with Crippen LogP contribution in [0, 0.1) is 0 Å². The number of hydrogen-bond acceptors (Lipinski definition) is 3. The van der Waals surface area contributed by atoms with Crippen molar-refractivity contribution in [3.8, 4) is 5.75 Å². The van der Waals surface area contributed by atoms with Gasteiger partial charge in [0.25, 0.3) is 5.91 Å². The van der Waals surface area contributed by atoms with E-state index in [2.05, 4.69) is 21.2 Å². The molecule has 0 radical (unpaired) electrons. The van der Waals surface area contributed by atoms with E-state index in [1.165, 1.54) is 6.07 Å². The number of phenolic OH excluding ortho intramolecular Hbond substituents is 1. The van der Waals surface area contributed by atoms with Crippen LogP contribution >= 0.6 is 15.9 Å². The van der Waals surface area contributed by atoms with Gasteiger partial charge in [-0.05, 0) is 30.3 Å². The van der Waals surface area contributed by atoms with E-state index in [0.717, 1.165) is 4.47 Å². The van der Waals surface area contributed by atoms with Gasteiger partial charge in [-0.1, -0.05) is 15.9 Å². The van der Waals surface area contributed by atoms with Gasteiger partial charge in [-0.25, -0.2) is 0 Å². The Labute approximate surface area is 106 Å². The molecule has 0 saturated carbocycles. The van der Waals surface area contributed by atoms with Crippen LogP contribution in [0.2, 0.25) is 0 Å². The number of amides is 1. The molecule has 5 heteroatoms. The van der Waals surface area contributed by atoms with Crippen LogP contribution in [-0.4, -0.2) is 11.0 Å². The summed E-state index contributed by atoms with van der Waals surface area (Å²) in [7, 11) is 0. The van der Waals surface area contributed by atoms with E-state index in [-0.39, 0.29) is 17.2 Å². The number of hydrogen-bond donors (Lipinski definition) is 2. The zero-order valence-corrected chi connectivity index (χ0v) is 10.4. The second-order valence-corrected chi connectivity index (χ2v) is 4.34. The number of carbonyl (C=O) groups excluding carboxylic acids is 1. The minimum Gasteiger partial charge on any atom is -0.507 e. The van der Waals surface area contributed by atoms with Crippen molar-refractivity contribution in [1.82, 2.24) is 5.32 Å². The second-order valence-electron chi connectivity index (χ2n) is 3.42. The number of furan rings is 1. The molecule has 1 heterocycles. The third-order valence-electron chi connectivity index (χ3n) is 2.21. The predicted octanol–water partition coefficient (Wildman–Crippen LogP) is 2.68. The van der Waals surface area contributed by atoms with Crippen LogP contribution in [0.15, 0.2) is 45.5 Å². The summed E-state index contributed by atoms with van der Waals surface area (Å²) in [5.41, 5.74) is 0.236. The van der Waals surface area contributed by atoms with E-state index in [1.807, 2.05) is 0 Å². The maximum atomic E-state index is 11.7. The van der Waals surface area contributed by atoms with Crippen LogP contribution < -0.4 is 5.32 Å². The normalized spacial score (nSPS) is 10.2. The highest BCUT2D eigenvalue weighted by atomic mass is 79.9. The SMILES string of the molecule is O=C(NCc1ccco1)c1ccc(Br)cc1O. The van der Waals surface area contributed by atoms with E-state index in [9.17, 15) is 9.90 Å². The average Bonchev–Trinajstić information content (AvgIpc) is 2.78. The topological polar surface area (TPSA) is 62.5 Å². The van der Waals surface area contributed by atoms with Crippen molar-refractivity contribution in [2.75, 3.05) is 0 Å². The fourth-order valence-electron chi connectivity index (χ4n) is 1.37. The van der Waals surface area contributed by atoms with Gasteiger partial charge in [0.2, 0.25) is 0 Å². The van der Waals surface area contributed by atoms with Gasteiger partial charge in [-0.2, -0.15) is 0 Å². The van der Waals surface area contributed by atoms with Crippen LogP contribution in [0.3, 0.4) is 0 Å². The molecule has 17 heavy (non-hydrogen) atoms. The number of rotatable bonds is 3. The third-order valence-corrected chi connectivity index (χ3v) is 2.70. The molecule has 0 aliphatic heterocycles. The summed E-state index contributed by atoms with van der Waals surface area (Å²) in [6.45, 7) is 0.293. The van der Waals surface area contributed by atoms with Crippen molar-refractivity contribution in [3.63, 3.8) is 0 Å². The predicted molar refractivity (Wildman–Crippen MR) is 65.7 cm³/mol. The Hall–Kier alpha value is -1.75. The second kappa shape index (κ2) is 5.05. The van der Waals surface area contributed by atoms with Crippen LogP contribution in [-0.2, 0) is 6.54 Å². The Balaban J connectivity index is 2.04. The van der Waals surface area contributed by atoms with Crippen molar-refractivity contribution in [3.05, 3.63) is 52.4 Å². The summed E-state index contributed by atoms with van der Waals surface area (Å²) in [6.07, 6.45) is 1.54. The van der Waals surface area contributed by atoms with Crippen molar-refractivity contribution >= 4 is 21.8 Å². The largest absolute Gasteiger partial charge is 0.507 e. The standard InChI is InChI=1S/C12H10BrNO3/c13-8-3-4-10(11(15)6-8)12(16)14-7-9-2-1-5-17-9/h1-6,15H,7H2,(H,14,16). The molecule has 0 fully saturated rings. The highest BCUT2D eigenvalue weighted by Gasteiger charge is 2.11. The average molecular weight is 296 g/mol. The molecule has 4 nitrogen and oxygen atoms in total. The van der Waals surface area contributed by atoms with Crippen molar-refractivity contribution in [1.29, 1.82) is 0 Å². The van der Waals surface area contributed by atoms with Gasteiger partial charge in [-0.3, -0.25) is 4.79 Å². The first-order valence-electron chi connectivity index (χ1n) is 4.96. The smallest absolute Gasteiger partial charge is 0.255 e. The van der Waals surface area contributed by atoms with E-state index in [1.54, 1.807) is 30.5 Å². The highest BCUT2D eigenvalue weighted by molar-refractivity contribution is 9.10. The summed E-state index contributed by atoms with van der Waals surface area (Å²) in [5.74, 6) is 0.262. The Morgan fingerprint density at radius 1 is 1.41 bits per heavy atom. The molecule has 1 aromatic heterocycles. The fourth-order valence-corrected chi connectivity index (χ4v) is 1.72. The minimum atomic E-state index is -0.341. The number of nitrogens with one attached hydrogen (secondary N) is 1. The maximum Gasteiger partial charge on any atom is 0.255 e. The summed E-state index contributed by atoms with van der Waals surface area (Å²) in [6, 6.07) is 8.24. The molecule has 2 N–H and O–H groups in total. The van der Waals surface area contributed by atoms with Crippen LogP contribution in [0.1, 0.15) is 16.1 Å². The summed E-state index contributed by atoms with van der Waals surface area (Å²) in [4.78, 5) is 11.7. The first kappa shape index (κ1) is 11.7. The molecule has 88 valence electrons. The summed E-state index contributed by atoms with van der Waals surface area (Å²) >= 11 is 3.21. The lowest BCUT2D eigenvalue weighted by molar-refractivity contribution is 0.0945. The van der Waals surface area contributed by atoms with Gasteiger partial charge in [0, 0.05) is 4.47 Å². The van der Waals surface area contributed by atoms with Crippen molar-refractivity contribution < 1.29 is 14.3 Å². The molecule has 0 saturated heterocycles. The molecule has 1 aromatic carbocycles.